The number of thiazole rings is 1. The van der Waals surface area contributed by atoms with Crippen LogP contribution in [-0.2, 0) is 22.6 Å². The van der Waals surface area contributed by atoms with Gasteiger partial charge in [-0.3, -0.25) is 9.36 Å². The Morgan fingerprint density at radius 3 is 3.04 bits per heavy atom. The predicted octanol–water partition coefficient (Wildman–Crippen LogP) is 4.47. The summed E-state index contributed by atoms with van der Waals surface area (Å²) in [5.74, 6) is -0.175. The average molecular weight is 423 g/mol. The first kappa shape index (κ1) is 19.9. The molecule has 6 nitrogen and oxygen atoms in total. The molecule has 0 amide bonds. The minimum absolute atomic E-state index is 0.143. The van der Waals surface area contributed by atoms with Gasteiger partial charge >= 0.3 is 5.97 Å². The Bertz CT molecular complexity index is 926. The highest BCUT2D eigenvalue weighted by Gasteiger charge is 2.12. The number of aromatic nitrogens is 4. The number of rotatable bonds is 8. The lowest BCUT2D eigenvalue weighted by molar-refractivity contribution is -0.141. The zero-order valence-corrected chi connectivity index (χ0v) is 17.4. The molecule has 1 aromatic carbocycles. The van der Waals surface area contributed by atoms with Crippen molar-refractivity contribution in [2.45, 2.75) is 38.5 Å². The number of halogens is 1. The molecule has 0 unspecified atom stereocenters. The Balaban J connectivity index is 1.54. The van der Waals surface area contributed by atoms with Crippen LogP contribution in [0.2, 0.25) is 5.02 Å². The molecule has 0 bridgehead atoms. The van der Waals surface area contributed by atoms with Gasteiger partial charge < -0.3 is 4.74 Å². The first-order valence-electron chi connectivity index (χ1n) is 8.45. The van der Waals surface area contributed by atoms with E-state index in [-0.39, 0.29) is 18.3 Å². The molecule has 0 radical (unpaired) electrons. The largest absolute Gasteiger partial charge is 0.459 e. The van der Waals surface area contributed by atoms with Crippen molar-refractivity contribution in [3.63, 3.8) is 0 Å². The van der Waals surface area contributed by atoms with Gasteiger partial charge in [0.25, 0.3) is 0 Å². The second kappa shape index (κ2) is 9.34. The molecule has 27 heavy (non-hydrogen) atoms. The molecule has 3 rings (SSSR count). The van der Waals surface area contributed by atoms with Crippen molar-refractivity contribution >= 4 is 40.7 Å². The fourth-order valence-corrected chi connectivity index (χ4v) is 4.08. The third-order valence-corrected chi connectivity index (χ3v) is 5.99. The van der Waals surface area contributed by atoms with Crippen LogP contribution in [0.5, 0.6) is 0 Å². The average Bonchev–Trinajstić information content (AvgIpc) is 3.30. The Kier molecular flexibility index (Phi) is 6.87. The first-order chi connectivity index (χ1) is 13.1. The van der Waals surface area contributed by atoms with Gasteiger partial charge in [0, 0.05) is 10.4 Å². The minimum Gasteiger partial charge on any atom is -0.459 e. The van der Waals surface area contributed by atoms with E-state index in [4.69, 9.17) is 16.3 Å². The lowest BCUT2D eigenvalue weighted by Crippen LogP contribution is -2.08. The molecule has 142 valence electrons. The lowest BCUT2D eigenvalue weighted by atomic mass is 10.2. The summed E-state index contributed by atoms with van der Waals surface area (Å²) in [4.78, 5) is 16.5. The fraction of sp³-hybridized carbons (Fsp3) is 0.333. The summed E-state index contributed by atoms with van der Waals surface area (Å²) in [6, 6.07) is 5.71. The molecule has 0 aliphatic heterocycles. The van der Waals surface area contributed by atoms with E-state index in [1.54, 1.807) is 22.2 Å². The summed E-state index contributed by atoms with van der Waals surface area (Å²) in [5, 5.41) is 12.3. The quantitative estimate of drug-likeness (QED) is 0.394. The molecular formula is C18H19ClN4O2S2. The van der Waals surface area contributed by atoms with E-state index in [9.17, 15) is 4.79 Å². The zero-order valence-electron chi connectivity index (χ0n) is 15.0. The number of thioether (sulfide) groups is 1. The van der Waals surface area contributed by atoms with Crippen LogP contribution in [0.4, 0.5) is 0 Å². The number of carbonyl (C=O) groups excluding carboxylic acids is 1. The molecule has 0 aliphatic rings. The molecule has 0 N–H and O–H groups in total. The van der Waals surface area contributed by atoms with Crippen LogP contribution < -0.4 is 0 Å². The van der Waals surface area contributed by atoms with E-state index in [0.29, 0.717) is 10.2 Å². The van der Waals surface area contributed by atoms with E-state index in [1.807, 2.05) is 30.5 Å². The molecule has 9 heteroatoms. The second-order valence-corrected chi connectivity index (χ2v) is 8.14. The lowest BCUT2D eigenvalue weighted by Gasteiger charge is -2.08. The summed E-state index contributed by atoms with van der Waals surface area (Å²) in [5.41, 5.74) is 2.63. The monoisotopic (exact) mass is 422 g/mol. The number of aryl methyl sites for hydroxylation is 2. The highest BCUT2D eigenvalue weighted by Crippen LogP contribution is 2.24. The van der Waals surface area contributed by atoms with Crippen molar-refractivity contribution in [2.24, 2.45) is 0 Å². The highest BCUT2D eigenvalue weighted by atomic mass is 35.5. The van der Waals surface area contributed by atoms with Gasteiger partial charge in [0.1, 0.15) is 12.9 Å². The summed E-state index contributed by atoms with van der Waals surface area (Å²) in [6.45, 7) is 4.25. The molecule has 2 heterocycles. The Morgan fingerprint density at radius 1 is 1.41 bits per heavy atom. The maximum Gasteiger partial charge on any atom is 0.316 e. The number of benzene rings is 1. The second-order valence-electron chi connectivity index (χ2n) is 5.85. The van der Waals surface area contributed by atoms with Gasteiger partial charge in [-0.2, -0.15) is 0 Å². The number of hydrogen-bond donors (Lipinski definition) is 0. The van der Waals surface area contributed by atoms with E-state index < -0.39 is 0 Å². The molecule has 0 atom stereocenters. The Hall–Kier alpha value is -1.90. The van der Waals surface area contributed by atoms with Crippen molar-refractivity contribution < 1.29 is 9.53 Å². The number of esters is 1. The molecule has 2 aromatic heterocycles. The van der Waals surface area contributed by atoms with Gasteiger partial charge in [-0.1, -0.05) is 36.4 Å². The Labute approximate surface area is 170 Å². The smallest absolute Gasteiger partial charge is 0.316 e. The molecule has 0 aliphatic carbocycles. The minimum atomic E-state index is -0.318. The highest BCUT2D eigenvalue weighted by molar-refractivity contribution is 7.99. The fourth-order valence-electron chi connectivity index (χ4n) is 2.30. The number of carbonyl (C=O) groups is 1. The standard InChI is InChI=1S/C18H19ClN4O2S2/c1-3-4-16-21-13(9-26-16)8-25-17(24)10-27-18-22-20-11-23(18)14-6-5-12(2)15(19)7-14/h5-7,9,11H,3-4,8,10H2,1-2H3. The summed E-state index contributed by atoms with van der Waals surface area (Å²) >= 11 is 9.06. The molecule has 0 saturated carbocycles. The summed E-state index contributed by atoms with van der Waals surface area (Å²) < 4.78 is 7.10. The van der Waals surface area contributed by atoms with E-state index in [1.165, 1.54) is 11.8 Å². The zero-order chi connectivity index (χ0) is 19.2. The topological polar surface area (TPSA) is 69.9 Å². The van der Waals surface area contributed by atoms with E-state index in [0.717, 1.165) is 34.8 Å². The maximum atomic E-state index is 12.0. The first-order valence-corrected chi connectivity index (χ1v) is 10.7. The van der Waals surface area contributed by atoms with E-state index >= 15 is 0 Å². The molecular weight excluding hydrogens is 404 g/mol. The SMILES string of the molecule is CCCc1nc(COC(=O)CSc2nncn2-c2ccc(C)c(Cl)c2)cs1. The third-order valence-electron chi connectivity index (χ3n) is 3.71. The van der Waals surface area contributed by atoms with Crippen LogP contribution in [0.15, 0.2) is 35.1 Å². The maximum absolute atomic E-state index is 12.0. The van der Waals surface area contributed by atoms with Crippen molar-refractivity contribution in [3.8, 4) is 5.69 Å². The van der Waals surface area contributed by atoms with Crippen LogP contribution in [0.25, 0.3) is 5.69 Å². The number of nitrogens with zero attached hydrogens (tertiary/aromatic N) is 4. The van der Waals surface area contributed by atoms with Gasteiger partial charge in [-0.15, -0.1) is 21.5 Å². The Morgan fingerprint density at radius 2 is 2.26 bits per heavy atom. The van der Waals surface area contributed by atoms with Gasteiger partial charge in [0.15, 0.2) is 5.16 Å². The summed E-state index contributed by atoms with van der Waals surface area (Å²) in [6.07, 6.45) is 3.60. The van der Waals surface area contributed by atoms with Crippen LogP contribution >= 0.6 is 34.7 Å². The van der Waals surface area contributed by atoms with Gasteiger partial charge in [0.05, 0.1) is 22.1 Å². The van der Waals surface area contributed by atoms with E-state index in [2.05, 4.69) is 22.1 Å². The molecule has 0 fully saturated rings. The van der Waals surface area contributed by atoms with Crippen LogP contribution in [0.1, 0.15) is 29.6 Å². The number of hydrogen-bond acceptors (Lipinski definition) is 7. The summed E-state index contributed by atoms with van der Waals surface area (Å²) in [7, 11) is 0. The predicted molar refractivity (Wildman–Crippen MR) is 108 cm³/mol. The molecule has 0 spiro atoms. The van der Waals surface area contributed by atoms with Crippen LogP contribution in [-0.4, -0.2) is 31.5 Å². The van der Waals surface area contributed by atoms with Gasteiger partial charge in [0.2, 0.25) is 0 Å². The van der Waals surface area contributed by atoms with Crippen molar-refractivity contribution in [1.82, 2.24) is 19.7 Å². The number of ether oxygens (including phenoxy) is 1. The molecule has 3 aromatic rings. The van der Waals surface area contributed by atoms with Crippen LogP contribution in [0.3, 0.4) is 0 Å². The molecule has 0 saturated heterocycles. The normalized spacial score (nSPS) is 10.9. The van der Waals surface area contributed by atoms with Crippen molar-refractivity contribution in [3.05, 3.63) is 51.2 Å². The van der Waals surface area contributed by atoms with Gasteiger partial charge in [-0.25, -0.2) is 4.98 Å². The van der Waals surface area contributed by atoms with Crippen molar-refractivity contribution in [1.29, 1.82) is 0 Å². The van der Waals surface area contributed by atoms with Crippen LogP contribution in [0, 0.1) is 6.92 Å². The third kappa shape index (κ3) is 5.31. The van der Waals surface area contributed by atoms with Crippen molar-refractivity contribution in [2.75, 3.05) is 5.75 Å². The van der Waals surface area contributed by atoms with Gasteiger partial charge in [-0.05, 0) is 37.5 Å².